The van der Waals surface area contributed by atoms with Crippen molar-refractivity contribution in [2.24, 2.45) is 0 Å². The molecule has 2 N–H and O–H groups in total. The van der Waals surface area contributed by atoms with Crippen LogP contribution in [0.1, 0.15) is 36.8 Å². The first-order valence-electron chi connectivity index (χ1n) is 11.1. The van der Waals surface area contributed by atoms with Gasteiger partial charge >= 0.3 is 0 Å². The number of hydrogen-bond acceptors (Lipinski definition) is 4. The van der Waals surface area contributed by atoms with Crippen molar-refractivity contribution in [2.75, 3.05) is 48.8 Å². The fraction of sp³-hybridized carbons (Fsp3) is 0.440. The van der Waals surface area contributed by atoms with E-state index in [1.165, 1.54) is 31.4 Å². The summed E-state index contributed by atoms with van der Waals surface area (Å²) in [5.41, 5.74) is 4.98. The van der Waals surface area contributed by atoms with Crippen molar-refractivity contribution in [3.05, 3.63) is 53.6 Å². The predicted molar refractivity (Wildman–Crippen MR) is 128 cm³/mol. The van der Waals surface area contributed by atoms with Crippen molar-refractivity contribution < 1.29 is 9.59 Å². The third-order valence-electron chi connectivity index (χ3n) is 5.83. The number of amides is 2. The molecule has 2 aromatic rings. The lowest BCUT2D eigenvalue weighted by Crippen LogP contribution is -2.36. The summed E-state index contributed by atoms with van der Waals surface area (Å²) in [6.07, 6.45) is 5.09. The van der Waals surface area contributed by atoms with E-state index in [0.717, 1.165) is 35.6 Å². The number of rotatable bonds is 7. The average Bonchev–Trinajstić information content (AvgIpc) is 3.01. The van der Waals surface area contributed by atoms with Gasteiger partial charge in [0.1, 0.15) is 0 Å². The van der Waals surface area contributed by atoms with Gasteiger partial charge in [0.05, 0.1) is 13.1 Å². The van der Waals surface area contributed by atoms with Gasteiger partial charge < -0.3 is 15.5 Å². The number of anilines is 3. The molecular formula is C25H34N4O2. The van der Waals surface area contributed by atoms with E-state index in [1.807, 2.05) is 44.2 Å². The van der Waals surface area contributed by atoms with Crippen molar-refractivity contribution in [3.63, 3.8) is 0 Å². The number of nitrogens with one attached hydrogen (secondary N) is 2. The van der Waals surface area contributed by atoms with Crippen molar-refractivity contribution in [1.29, 1.82) is 0 Å². The van der Waals surface area contributed by atoms with Gasteiger partial charge in [-0.3, -0.25) is 14.5 Å². The molecule has 1 aliphatic heterocycles. The van der Waals surface area contributed by atoms with Crippen LogP contribution in [0.5, 0.6) is 0 Å². The SMILES string of the molecule is Cc1cccc(NC(=O)CN(C)CC(=O)Nc2ccc(N3CCCCCC3)cc2)c1C. The molecule has 0 spiro atoms. The Morgan fingerprint density at radius 3 is 2.13 bits per heavy atom. The molecule has 0 bridgehead atoms. The van der Waals surface area contributed by atoms with Crippen LogP contribution >= 0.6 is 0 Å². The van der Waals surface area contributed by atoms with E-state index in [2.05, 4.69) is 27.7 Å². The molecule has 1 heterocycles. The number of nitrogens with zero attached hydrogens (tertiary/aromatic N) is 2. The van der Waals surface area contributed by atoms with Crippen LogP contribution in [-0.2, 0) is 9.59 Å². The van der Waals surface area contributed by atoms with Gasteiger partial charge in [0.2, 0.25) is 11.8 Å². The summed E-state index contributed by atoms with van der Waals surface area (Å²) < 4.78 is 0. The average molecular weight is 423 g/mol. The van der Waals surface area contributed by atoms with E-state index >= 15 is 0 Å². The van der Waals surface area contributed by atoms with E-state index in [0.29, 0.717) is 0 Å². The lowest BCUT2D eigenvalue weighted by Gasteiger charge is -2.23. The molecule has 0 atom stereocenters. The summed E-state index contributed by atoms with van der Waals surface area (Å²) in [4.78, 5) is 28.9. The Labute approximate surface area is 185 Å². The first-order chi connectivity index (χ1) is 14.9. The summed E-state index contributed by atoms with van der Waals surface area (Å²) in [5.74, 6) is -0.268. The van der Waals surface area contributed by atoms with Crippen LogP contribution < -0.4 is 15.5 Å². The van der Waals surface area contributed by atoms with Gasteiger partial charge in [-0.15, -0.1) is 0 Å². The molecule has 2 aromatic carbocycles. The zero-order chi connectivity index (χ0) is 22.2. The van der Waals surface area contributed by atoms with Crippen molar-refractivity contribution >= 4 is 28.9 Å². The second-order valence-corrected chi connectivity index (χ2v) is 8.46. The summed E-state index contributed by atoms with van der Waals surface area (Å²) >= 11 is 0. The first kappa shape index (κ1) is 22.8. The number of benzene rings is 2. The largest absolute Gasteiger partial charge is 0.372 e. The number of carbonyl (C=O) groups is 2. The fourth-order valence-electron chi connectivity index (χ4n) is 3.91. The molecule has 1 fully saturated rings. The highest BCUT2D eigenvalue weighted by molar-refractivity contribution is 5.95. The minimum atomic E-state index is -0.135. The molecular weight excluding hydrogens is 388 g/mol. The maximum atomic E-state index is 12.4. The first-order valence-corrected chi connectivity index (χ1v) is 11.1. The van der Waals surface area contributed by atoms with Gasteiger partial charge in [0.15, 0.2) is 0 Å². The molecule has 6 nitrogen and oxygen atoms in total. The molecule has 2 amide bonds. The van der Waals surface area contributed by atoms with Gasteiger partial charge in [-0.2, -0.15) is 0 Å². The lowest BCUT2D eigenvalue weighted by atomic mass is 10.1. The number of aryl methyl sites for hydroxylation is 1. The summed E-state index contributed by atoms with van der Waals surface area (Å²) in [6, 6.07) is 13.9. The third kappa shape index (κ3) is 6.82. The van der Waals surface area contributed by atoms with Crippen molar-refractivity contribution in [1.82, 2.24) is 4.90 Å². The zero-order valence-corrected chi connectivity index (χ0v) is 18.9. The fourth-order valence-corrected chi connectivity index (χ4v) is 3.91. The Morgan fingerprint density at radius 2 is 1.48 bits per heavy atom. The maximum absolute atomic E-state index is 12.4. The molecule has 166 valence electrons. The topological polar surface area (TPSA) is 64.7 Å². The standard InChI is InChI=1S/C25H34N4O2/c1-19-9-8-10-23(20(19)2)27-25(31)18-28(3)17-24(30)26-21-11-13-22(14-12-21)29-15-6-4-5-7-16-29/h8-14H,4-7,15-18H2,1-3H3,(H,26,30)(H,27,31). The number of hydrogen-bond donors (Lipinski definition) is 2. The van der Waals surface area contributed by atoms with E-state index in [-0.39, 0.29) is 24.9 Å². The van der Waals surface area contributed by atoms with Crippen LogP contribution in [0.3, 0.4) is 0 Å². The van der Waals surface area contributed by atoms with E-state index < -0.39 is 0 Å². The number of carbonyl (C=O) groups excluding carboxylic acids is 2. The number of likely N-dealkylation sites (N-methyl/N-ethyl adjacent to an activating group) is 1. The Morgan fingerprint density at radius 1 is 0.871 bits per heavy atom. The minimum absolute atomic E-state index is 0.134. The molecule has 0 aliphatic carbocycles. The highest BCUT2D eigenvalue weighted by atomic mass is 16.2. The highest BCUT2D eigenvalue weighted by Gasteiger charge is 2.13. The van der Waals surface area contributed by atoms with Crippen LogP contribution in [0.2, 0.25) is 0 Å². The maximum Gasteiger partial charge on any atom is 0.238 e. The molecule has 1 aliphatic rings. The minimum Gasteiger partial charge on any atom is -0.372 e. The quantitative estimate of drug-likeness (QED) is 0.702. The van der Waals surface area contributed by atoms with Crippen LogP contribution in [-0.4, -0.2) is 49.9 Å². The van der Waals surface area contributed by atoms with E-state index in [4.69, 9.17) is 0 Å². The van der Waals surface area contributed by atoms with Crippen molar-refractivity contribution in [2.45, 2.75) is 39.5 Å². The molecule has 0 unspecified atom stereocenters. The van der Waals surface area contributed by atoms with Gasteiger partial charge in [0, 0.05) is 30.2 Å². The lowest BCUT2D eigenvalue weighted by molar-refractivity contribution is -0.119. The summed E-state index contributed by atoms with van der Waals surface area (Å²) in [5, 5.41) is 5.85. The summed E-state index contributed by atoms with van der Waals surface area (Å²) in [7, 11) is 1.77. The van der Waals surface area contributed by atoms with Crippen LogP contribution in [0.25, 0.3) is 0 Å². The Balaban J connectivity index is 1.46. The molecule has 0 radical (unpaired) electrons. The second kappa shape index (κ2) is 11.0. The Hall–Kier alpha value is -2.86. The van der Waals surface area contributed by atoms with Gasteiger partial charge in [0.25, 0.3) is 0 Å². The molecule has 6 heteroatoms. The summed E-state index contributed by atoms with van der Waals surface area (Å²) in [6.45, 7) is 6.49. The monoisotopic (exact) mass is 422 g/mol. The molecule has 0 aromatic heterocycles. The van der Waals surface area contributed by atoms with Crippen LogP contribution in [0.4, 0.5) is 17.1 Å². The zero-order valence-electron chi connectivity index (χ0n) is 18.9. The Kier molecular flexibility index (Phi) is 8.06. The smallest absolute Gasteiger partial charge is 0.238 e. The van der Waals surface area contributed by atoms with Crippen LogP contribution in [0, 0.1) is 13.8 Å². The van der Waals surface area contributed by atoms with E-state index in [1.54, 1.807) is 11.9 Å². The second-order valence-electron chi connectivity index (χ2n) is 8.46. The van der Waals surface area contributed by atoms with Gasteiger partial charge in [-0.25, -0.2) is 0 Å². The molecule has 3 rings (SSSR count). The molecule has 1 saturated heterocycles. The third-order valence-corrected chi connectivity index (χ3v) is 5.83. The molecule has 0 saturated carbocycles. The predicted octanol–water partition coefficient (Wildman–Crippen LogP) is 4.19. The Bertz CT molecular complexity index is 887. The van der Waals surface area contributed by atoms with Gasteiger partial charge in [-0.05, 0) is 75.2 Å². The molecule has 31 heavy (non-hydrogen) atoms. The van der Waals surface area contributed by atoms with E-state index in [9.17, 15) is 9.59 Å². The highest BCUT2D eigenvalue weighted by Crippen LogP contribution is 2.21. The van der Waals surface area contributed by atoms with Crippen molar-refractivity contribution in [3.8, 4) is 0 Å². The van der Waals surface area contributed by atoms with Gasteiger partial charge in [-0.1, -0.05) is 25.0 Å². The normalized spacial score (nSPS) is 14.3. The van der Waals surface area contributed by atoms with Crippen LogP contribution in [0.15, 0.2) is 42.5 Å².